The van der Waals surface area contributed by atoms with Gasteiger partial charge in [0.15, 0.2) is 0 Å². The molecule has 244 valence electrons. The lowest BCUT2D eigenvalue weighted by atomic mass is 9.99. The maximum Gasteiger partial charge on any atom is 0.141 e. The molecular formula is C45H31N3O2S. The van der Waals surface area contributed by atoms with Gasteiger partial charge in [0.2, 0.25) is 0 Å². The van der Waals surface area contributed by atoms with Crippen molar-refractivity contribution in [1.82, 2.24) is 16.0 Å². The second kappa shape index (κ2) is 11.4. The Hall–Kier alpha value is -5.76. The standard InChI is InChI=1S/C45H31N3O2S/c1-2-9-26(10-3-1)43-46-44(29-19-22-41-36(24-29)32-12-5-7-16-40(32)51-41)48-45(47-43)34-14-8-13-33-35-23-27(18-21-38(35)50-42(33)34)28-17-20-31-30-11-4-6-15-37(30)49-39(31)25-28/h1-25,43-48H. The fourth-order valence-electron chi connectivity index (χ4n) is 7.91. The van der Waals surface area contributed by atoms with Crippen LogP contribution in [-0.2, 0) is 0 Å². The molecular weight excluding hydrogens is 647 g/mol. The summed E-state index contributed by atoms with van der Waals surface area (Å²) >= 11 is 1.85. The van der Waals surface area contributed by atoms with Crippen LogP contribution in [0.15, 0.2) is 160 Å². The summed E-state index contributed by atoms with van der Waals surface area (Å²) in [5.41, 5.74) is 9.23. The summed E-state index contributed by atoms with van der Waals surface area (Å²) in [4.78, 5) is 0. The molecule has 11 rings (SSSR count). The van der Waals surface area contributed by atoms with Crippen molar-refractivity contribution in [2.24, 2.45) is 0 Å². The Morgan fingerprint density at radius 2 is 1.08 bits per heavy atom. The topological polar surface area (TPSA) is 62.4 Å². The number of rotatable bonds is 4. The van der Waals surface area contributed by atoms with Crippen LogP contribution in [0.25, 0.3) is 75.2 Å². The first-order valence-electron chi connectivity index (χ1n) is 17.3. The number of benzene rings is 7. The quantitative estimate of drug-likeness (QED) is 0.173. The molecule has 0 amide bonds. The average Bonchev–Trinajstić information content (AvgIpc) is 3.88. The zero-order chi connectivity index (χ0) is 33.5. The largest absolute Gasteiger partial charge is 0.456 e. The third-order valence-corrected chi connectivity index (χ3v) is 11.6. The van der Waals surface area contributed by atoms with Gasteiger partial charge in [0.05, 0.1) is 18.5 Å². The van der Waals surface area contributed by atoms with Crippen molar-refractivity contribution < 1.29 is 8.83 Å². The van der Waals surface area contributed by atoms with Gasteiger partial charge < -0.3 is 8.83 Å². The Kier molecular flexibility index (Phi) is 6.48. The van der Waals surface area contributed by atoms with Gasteiger partial charge in [-0.15, -0.1) is 11.3 Å². The lowest BCUT2D eigenvalue weighted by molar-refractivity contribution is 0.203. The lowest BCUT2D eigenvalue weighted by Crippen LogP contribution is -2.54. The number of thiophene rings is 1. The maximum atomic E-state index is 6.70. The minimum absolute atomic E-state index is 0.0863. The van der Waals surface area contributed by atoms with Gasteiger partial charge in [-0.3, -0.25) is 16.0 Å². The summed E-state index contributed by atoms with van der Waals surface area (Å²) in [7, 11) is 0. The molecule has 3 N–H and O–H groups in total. The molecule has 0 bridgehead atoms. The smallest absolute Gasteiger partial charge is 0.141 e. The molecule has 1 aliphatic heterocycles. The lowest BCUT2D eigenvalue weighted by Gasteiger charge is -2.39. The zero-order valence-electron chi connectivity index (χ0n) is 27.4. The van der Waals surface area contributed by atoms with Gasteiger partial charge in [-0.1, -0.05) is 103 Å². The zero-order valence-corrected chi connectivity index (χ0v) is 28.2. The van der Waals surface area contributed by atoms with E-state index in [0.29, 0.717) is 0 Å². The molecule has 3 unspecified atom stereocenters. The van der Waals surface area contributed by atoms with Crippen LogP contribution >= 0.6 is 11.3 Å². The van der Waals surface area contributed by atoms with Crippen molar-refractivity contribution in [3.8, 4) is 11.1 Å². The number of nitrogens with one attached hydrogen (secondary N) is 3. The van der Waals surface area contributed by atoms with Crippen LogP contribution in [0.3, 0.4) is 0 Å². The predicted octanol–water partition coefficient (Wildman–Crippen LogP) is 11.7. The van der Waals surface area contributed by atoms with Crippen molar-refractivity contribution >= 4 is 75.4 Å². The highest BCUT2D eigenvalue weighted by Gasteiger charge is 2.31. The van der Waals surface area contributed by atoms with Gasteiger partial charge in [0, 0.05) is 47.3 Å². The highest BCUT2D eigenvalue weighted by molar-refractivity contribution is 7.25. The third-order valence-electron chi connectivity index (χ3n) is 10.4. The second-order valence-electron chi connectivity index (χ2n) is 13.4. The molecule has 4 heterocycles. The van der Waals surface area contributed by atoms with E-state index in [0.717, 1.165) is 60.6 Å². The van der Waals surface area contributed by atoms with Crippen molar-refractivity contribution in [3.63, 3.8) is 0 Å². The number of fused-ring (bicyclic) bond motifs is 9. The summed E-state index contributed by atoms with van der Waals surface area (Å²) in [6, 6.07) is 53.8. The molecule has 51 heavy (non-hydrogen) atoms. The van der Waals surface area contributed by atoms with Gasteiger partial charge in [0.1, 0.15) is 22.3 Å². The van der Waals surface area contributed by atoms with Gasteiger partial charge in [0.25, 0.3) is 0 Å². The minimum Gasteiger partial charge on any atom is -0.456 e. The number of hydrogen-bond acceptors (Lipinski definition) is 6. The Morgan fingerprint density at radius 1 is 0.392 bits per heavy atom. The second-order valence-corrected chi connectivity index (χ2v) is 14.5. The molecule has 0 spiro atoms. The van der Waals surface area contributed by atoms with Gasteiger partial charge in [-0.2, -0.15) is 0 Å². The highest BCUT2D eigenvalue weighted by Crippen LogP contribution is 2.40. The van der Waals surface area contributed by atoms with E-state index >= 15 is 0 Å². The van der Waals surface area contributed by atoms with Crippen LogP contribution in [0.1, 0.15) is 35.2 Å². The highest BCUT2D eigenvalue weighted by atomic mass is 32.1. The molecule has 0 saturated carbocycles. The van der Waals surface area contributed by atoms with Crippen molar-refractivity contribution in [2.45, 2.75) is 18.5 Å². The molecule has 3 aromatic heterocycles. The predicted molar refractivity (Wildman–Crippen MR) is 210 cm³/mol. The minimum atomic E-state index is -0.185. The number of hydrogen-bond donors (Lipinski definition) is 3. The van der Waals surface area contributed by atoms with Crippen LogP contribution < -0.4 is 16.0 Å². The van der Waals surface area contributed by atoms with Crippen LogP contribution in [0.2, 0.25) is 0 Å². The molecule has 10 aromatic rings. The maximum absolute atomic E-state index is 6.70. The Bertz CT molecular complexity index is 2940. The van der Waals surface area contributed by atoms with E-state index in [-0.39, 0.29) is 18.5 Å². The fourth-order valence-corrected chi connectivity index (χ4v) is 9.00. The van der Waals surface area contributed by atoms with Crippen LogP contribution in [0.4, 0.5) is 0 Å². The Balaban J connectivity index is 0.999. The van der Waals surface area contributed by atoms with E-state index in [1.165, 1.54) is 31.3 Å². The average molecular weight is 678 g/mol. The molecule has 1 fully saturated rings. The molecule has 3 atom stereocenters. The third kappa shape index (κ3) is 4.73. The van der Waals surface area contributed by atoms with Gasteiger partial charge in [-0.05, 0) is 70.8 Å². The van der Waals surface area contributed by atoms with E-state index in [1.54, 1.807) is 0 Å². The van der Waals surface area contributed by atoms with E-state index in [2.05, 4.69) is 155 Å². The van der Waals surface area contributed by atoms with E-state index in [1.807, 2.05) is 23.5 Å². The number of furan rings is 2. The first-order chi connectivity index (χ1) is 25.2. The van der Waals surface area contributed by atoms with E-state index < -0.39 is 0 Å². The summed E-state index contributed by atoms with van der Waals surface area (Å²) in [5.74, 6) is 0. The molecule has 1 saturated heterocycles. The Labute approximate surface area is 297 Å². The van der Waals surface area contributed by atoms with Crippen LogP contribution in [-0.4, -0.2) is 0 Å². The molecule has 1 aliphatic rings. The molecule has 6 heteroatoms. The summed E-state index contributed by atoms with van der Waals surface area (Å²) in [5, 5.41) is 18.7. The van der Waals surface area contributed by atoms with Crippen molar-refractivity contribution in [3.05, 3.63) is 168 Å². The molecule has 0 aliphatic carbocycles. The van der Waals surface area contributed by atoms with Gasteiger partial charge in [-0.25, -0.2) is 0 Å². The van der Waals surface area contributed by atoms with Crippen molar-refractivity contribution in [2.75, 3.05) is 0 Å². The SMILES string of the molecule is c1ccc(C2NC(c3ccc4sc5ccccc5c4c3)NC(c3cccc4c3oc3ccc(-c5ccc6c(c5)oc5ccccc56)cc34)N2)cc1. The molecule has 7 aromatic carbocycles. The Morgan fingerprint density at radius 3 is 2.00 bits per heavy atom. The van der Waals surface area contributed by atoms with Gasteiger partial charge >= 0.3 is 0 Å². The summed E-state index contributed by atoms with van der Waals surface area (Å²) in [6.07, 6.45) is -0.378. The monoisotopic (exact) mass is 677 g/mol. The van der Waals surface area contributed by atoms with Crippen molar-refractivity contribution in [1.29, 1.82) is 0 Å². The first-order valence-corrected chi connectivity index (χ1v) is 18.2. The van der Waals surface area contributed by atoms with E-state index in [4.69, 9.17) is 8.83 Å². The molecule has 5 nitrogen and oxygen atoms in total. The first kappa shape index (κ1) is 29.0. The summed E-state index contributed by atoms with van der Waals surface area (Å²) < 4.78 is 15.5. The van der Waals surface area contributed by atoms with Crippen LogP contribution in [0, 0.1) is 0 Å². The number of para-hydroxylation sites is 2. The normalized spacial score (nSPS) is 18.2. The fraction of sp³-hybridized carbons (Fsp3) is 0.0667. The summed E-state index contributed by atoms with van der Waals surface area (Å²) in [6.45, 7) is 0. The van der Waals surface area contributed by atoms with Crippen LogP contribution in [0.5, 0.6) is 0 Å². The van der Waals surface area contributed by atoms with E-state index in [9.17, 15) is 0 Å². The molecule has 0 radical (unpaired) electrons.